The molecule has 1 fully saturated rings. The first-order valence-corrected chi connectivity index (χ1v) is 5.96. The lowest BCUT2D eigenvalue weighted by atomic mass is 10.3. The van der Waals surface area contributed by atoms with Crippen molar-refractivity contribution in [3.05, 3.63) is 23.8 Å². The standard InChI is InChI=1S/C12H15N3O3/c1-2-15(7-8-3-4-8)11(16)9-5-14-10(6-13-9)12(17)18/h5-6,8H,2-4,7H2,1H3,(H,17,18). The molecule has 0 saturated heterocycles. The van der Waals surface area contributed by atoms with Gasteiger partial charge in [0.2, 0.25) is 0 Å². The third-order valence-corrected chi connectivity index (χ3v) is 2.93. The zero-order chi connectivity index (χ0) is 13.1. The smallest absolute Gasteiger partial charge is 0.356 e. The summed E-state index contributed by atoms with van der Waals surface area (Å²) in [5.74, 6) is -0.721. The van der Waals surface area contributed by atoms with Gasteiger partial charge in [0.1, 0.15) is 5.69 Å². The van der Waals surface area contributed by atoms with Crippen LogP contribution in [-0.2, 0) is 0 Å². The lowest BCUT2D eigenvalue weighted by Crippen LogP contribution is -2.33. The van der Waals surface area contributed by atoms with Crippen LogP contribution in [0.15, 0.2) is 12.4 Å². The highest BCUT2D eigenvalue weighted by molar-refractivity contribution is 5.92. The maximum Gasteiger partial charge on any atom is 0.356 e. The molecule has 6 nitrogen and oxygen atoms in total. The molecule has 1 heterocycles. The van der Waals surface area contributed by atoms with Crippen molar-refractivity contribution in [2.75, 3.05) is 13.1 Å². The van der Waals surface area contributed by atoms with Gasteiger partial charge < -0.3 is 10.0 Å². The molecule has 1 aromatic rings. The van der Waals surface area contributed by atoms with E-state index in [1.807, 2.05) is 6.92 Å². The van der Waals surface area contributed by atoms with Crippen LogP contribution in [0.2, 0.25) is 0 Å². The van der Waals surface area contributed by atoms with Gasteiger partial charge in [-0.3, -0.25) is 4.79 Å². The summed E-state index contributed by atoms with van der Waals surface area (Å²) in [4.78, 5) is 32.0. The Kier molecular flexibility index (Phi) is 3.55. The first-order valence-electron chi connectivity index (χ1n) is 5.96. The number of carboxylic acid groups (broad SMARTS) is 1. The fourth-order valence-corrected chi connectivity index (χ4v) is 1.68. The van der Waals surface area contributed by atoms with Crippen LogP contribution >= 0.6 is 0 Å². The minimum atomic E-state index is -1.15. The molecule has 1 aliphatic rings. The molecular formula is C12H15N3O3. The van der Waals surface area contributed by atoms with Gasteiger partial charge in [-0.1, -0.05) is 0 Å². The number of carboxylic acids is 1. The number of rotatable bonds is 5. The number of nitrogens with zero attached hydrogens (tertiary/aromatic N) is 3. The predicted octanol–water partition coefficient (Wildman–Crippen LogP) is 1.05. The molecule has 1 aliphatic carbocycles. The van der Waals surface area contributed by atoms with Crippen LogP contribution < -0.4 is 0 Å². The monoisotopic (exact) mass is 249 g/mol. The second-order valence-corrected chi connectivity index (χ2v) is 4.38. The molecule has 0 spiro atoms. The molecule has 1 saturated carbocycles. The van der Waals surface area contributed by atoms with Gasteiger partial charge in [-0.05, 0) is 25.7 Å². The summed E-state index contributed by atoms with van der Waals surface area (Å²) in [5.41, 5.74) is 0.0410. The second-order valence-electron chi connectivity index (χ2n) is 4.38. The Hall–Kier alpha value is -1.98. The minimum absolute atomic E-state index is 0.156. The maximum absolute atomic E-state index is 12.1. The van der Waals surface area contributed by atoms with E-state index in [1.165, 1.54) is 19.0 Å². The number of carbonyl (C=O) groups excluding carboxylic acids is 1. The van der Waals surface area contributed by atoms with Crippen LogP contribution in [0.25, 0.3) is 0 Å². The van der Waals surface area contributed by atoms with Gasteiger partial charge in [-0.2, -0.15) is 0 Å². The Morgan fingerprint density at radius 1 is 1.33 bits per heavy atom. The summed E-state index contributed by atoms with van der Waals surface area (Å²) >= 11 is 0. The highest BCUT2D eigenvalue weighted by atomic mass is 16.4. The molecule has 96 valence electrons. The topological polar surface area (TPSA) is 83.4 Å². The van der Waals surface area contributed by atoms with E-state index in [9.17, 15) is 9.59 Å². The number of amides is 1. The van der Waals surface area contributed by atoms with E-state index in [0.29, 0.717) is 12.5 Å². The Labute approximate surface area is 105 Å². The van der Waals surface area contributed by atoms with Crippen LogP contribution in [0, 0.1) is 5.92 Å². The van der Waals surface area contributed by atoms with Crippen molar-refractivity contribution >= 4 is 11.9 Å². The fourth-order valence-electron chi connectivity index (χ4n) is 1.68. The predicted molar refractivity (Wildman–Crippen MR) is 63.3 cm³/mol. The summed E-state index contributed by atoms with van der Waals surface area (Å²) < 4.78 is 0. The molecule has 0 bridgehead atoms. The number of hydrogen-bond donors (Lipinski definition) is 1. The molecule has 0 radical (unpaired) electrons. The summed E-state index contributed by atoms with van der Waals surface area (Å²) in [6, 6.07) is 0. The van der Waals surface area contributed by atoms with Crippen molar-refractivity contribution < 1.29 is 14.7 Å². The molecular weight excluding hydrogens is 234 g/mol. The zero-order valence-corrected chi connectivity index (χ0v) is 10.2. The van der Waals surface area contributed by atoms with Crippen molar-refractivity contribution in [3.63, 3.8) is 0 Å². The Morgan fingerprint density at radius 2 is 1.94 bits per heavy atom. The Bertz CT molecular complexity index is 454. The third kappa shape index (κ3) is 2.82. The largest absolute Gasteiger partial charge is 0.476 e. The number of aromatic carboxylic acids is 1. The zero-order valence-electron chi connectivity index (χ0n) is 10.2. The van der Waals surface area contributed by atoms with E-state index < -0.39 is 5.97 Å². The van der Waals surface area contributed by atoms with Crippen molar-refractivity contribution in [1.82, 2.24) is 14.9 Å². The molecule has 1 amide bonds. The Balaban J connectivity index is 2.08. The van der Waals surface area contributed by atoms with Gasteiger partial charge in [0, 0.05) is 13.1 Å². The van der Waals surface area contributed by atoms with Crippen molar-refractivity contribution in [2.24, 2.45) is 5.92 Å². The number of aromatic nitrogens is 2. The maximum atomic E-state index is 12.1. The fraction of sp³-hybridized carbons (Fsp3) is 0.500. The first kappa shape index (κ1) is 12.5. The molecule has 0 aromatic carbocycles. The van der Waals surface area contributed by atoms with Crippen LogP contribution in [-0.4, -0.2) is 44.9 Å². The highest BCUT2D eigenvalue weighted by Crippen LogP contribution is 2.29. The molecule has 1 N–H and O–H groups in total. The summed E-state index contributed by atoms with van der Waals surface area (Å²) in [6.45, 7) is 3.29. The average Bonchev–Trinajstić information content (AvgIpc) is 3.19. The van der Waals surface area contributed by atoms with E-state index in [-0.39, 0.29) is 17.3 Å². The molecule has 0 aliphatic heterocycles. The van der Waals surface area contributed by atoms with Gasteiger partial charge in [-0.25, -0.2) is 14.8 Å². The SMILES string of the molecule is CCN(CC1CC1)C(=O)c1cnc(C(=O)O)cn1. The van der Waals surface area contributed by atoms with E-state index >= 15 is 0 Å². The van der Waals surface area contributed by atoms with E-state index in [4.69, 9.17) is 5.11 Å². The minimum Gasteiger partial charge on any atom is -0.476 e. The van der Waals surface area contributed by atoms with Crippen molar-refractivity contribution in [2.45, 2.75) is 19.8 Å². The lowest BCUT2D eigenvalue weighted by molar-refractivity contribution is 0.0685. The van der Waals surface area contributed by atoms with E-state index in [2.05, 4.69) is 9.97 Å². The van der Waals surface area contributed by atoms with Crippen LogP contribution in [0.3, 0.4) is 0 Å². The molecule has 6 heteroatoms. The van der Waals surface area contributed by atoms with Gasteiger partial charge in [0.05, 0.1) is 12.4 Å². The van der Waals surface area contributed by atoms with E-state index in [0.717, 1.165) is 12.7 Å². The van der Waals surface area contributed by atoms with Crippen LogP contribution in [0.4, 0.5) is 0 Å². The Morgan fingerprint density at radius 3 is 2.39 bits per heavy atom. The third-order valence-electron chi connectivity index (χ3n) is 2.93. The number of hydrogen-bond acceptors (Lipinski definition) is 4. The summed E-state index contributed by atoms with van der Waals surface area (Å²) in [7, 11) is 0. The second kappa shape index (κ2) is 5.12. The highest BCUT2D eigenvalue weighted by Gasteiger charge is 2.27. The summed E-state index contributed by atoms with van der Waals surface area (Å²) in [5, 5.41) is 8.70. The van der Waals surface area contributed by atoms with Crippen LogP contribution in [0.1, 0.15) is 40.7 Å². The van der Waals surface area contributed by atoms with Crippen molar-refractivity contribution in [1.29, 1.82) is 0 Å². The van der Waals surface area contributed by atoms with E-state index in [1.54, 1.807) is 4.90 Å². The van der Waals surface area contributed by atoms with Crippen molar-refractivity contribution in [3.8, 4) is 0 Å². The molecule has 0 atom stereocenters. The quantitative estimate of drug-likeness (QED) is 0.843. The molecule has 18 heavy (non-hydrogen) atoms. The summed E-state index contributed by atoms with van der Waals surface area (Å²) in [6.07, 6.45) is 4.68. The van der Waals surface area contributed by atoms with Gasteiger partial charge in [-0.15, -0.1) is 0 Å². The number of carbonyl (C=O) groups is 2. The normalized spacial score (nSPS) is 14.3. The van der Waals surface area contributed by atoms with Gasteiger partial charge in [0.25, 0.3) is 5.91 Å². The average molecular weight is 249 g/mol. The van der Waals surface area contributed by atoms with Crippen LogP contribution in [0.5, 0.6) is 0 Å². The molecule has 1 aromatic heterocycles. The first-order chi connectivity index (χ1) is 8.61. The van der Waals surface area contributed by atoms with Gasteiger partial charge in [0.15, 0.2) is 5.69 Å². The lowest BCUT2D eigenvalue weighted by Gasteiger charge is -2.19. The molecule has 2 rings (SSSR count). The van der Waals surface area contributed by atoms with Gasteiger partial charge >= 0.3 is 5.97 Å². The molecule has 0 unspecified atom stereocenters.